The Morgan fingerprint density at radius 1 is 0.615 bits per heavy atom. The van der Waals surface area contributed by atoms with Crippen molar-refractivity contribution in [1.29, 1.82) is 0 Å². The first-order valence-electron chi connectivity index (χ1n) is 19.1. The fourth-order valence-corrected chi connectivity index (χ4v) is 20.7. The summed E-state index contributed by atoms with van der Waals surface area (Å²) < 4.78 is 4.13. The van der Waals surface area contributed by atoms with Crippen LogP contribution in [-0.2, 0) is 30.2 Å². The first-order valence-corrected chi connectivity index (χ1v) is 21.6. The van der Waals surface area contributed by atoms with Crippen LogP contribution in [0.15, 0.2) is 155 Å². The Bertz CT molecular complexity index is 1970. The SMILES string of the molecule is CC1=CC=CC2[CH]([Ti+2]([C]3=CC=CC3)=[C](Cc3ccccc3)Cc3ccccc3)C3(C)C4(C)C=CC=CC4(C)C4(C)C=CC=CC4(C)C3(C)C12C.[Cl-].[Cl-]. The van der Waals surface area contributed by atoms with E-state index in [-0.39, 0.29) is 62.7 Å². The van der Waals surface area contributed by atoms with Gasteiger partial charge in [0.1, 0.15) is 0 Å². The average molecular weight is 764 g/mol. The minimum Gasteiger partial charge on any atom is -1.00 e. The zero-order chi connectivity index (χ0) is 35.2. The van der Waals surface area contributed by atoms with Crippen molar-refractivity contribution in [2.75, 3.05) is 0 Å². The van der Waals surface area contributed by atoms with Gasteiger partial charge in [0.15, 0.2) is 0 Å². The van der Waals surface area contributed by atoms with Gasteiger partial charge in [0.05, 0.1) is 0 Å². The summed E-state index contributed by atoms with van der Waals surface area (Å²) >= 11 is -2.31. The van der Waals surface area contributed by atoms with Gasteiger partial charge >= 0.3 is 310 Å². The molecule has 270 valence electrons. The molecule has 0 aliphatic heterocycles. The van der Waals surface area contributed by atoms with E-state index in [9.17, 15) is 0 Å². The molecule has 0 heterocycles. The van der Waals surface area contributed by atoms with Gasteiger partial charge in [0.2, 0.25) is 0 Å². The molecule has 0 N–H and O–H groups in total. The van der Waals surface area contributed by atoms with E-state index in [4.69, 9.17) is 0 Å². The van der Waals surface area contributed by atoms with Crippen molar-refractivity contribution in [1.82, 2.24) is 0 Å². The van der Waals surface area contributed by atoms with Gasteiger partial charge < -0.3 is 24.8 Å². The van der Waals surface area contributed by atoms with Gasteiger partial charge in [-0.1, -0.05) is 0 Å². The standard InChI is InChI=1S/C29H37.C15H14.C5H5.2ClH.Ti/c1-21-14-13-15-22-20-27(6)25(4)18-10-9-16-23(25,2)24(3)17-11-12-19-26(24,5)29(27,8)28(21,22)7;1-3-8-14(9-4-1)12-7-13-15-10-5-2-6-11-15;1-2-4-5-3-1;;;/h9-20,22H,1-8H3;1-6,8-11H,12-13H2;1-3H,4H2;2*1H;/q;;;;;+2/p-2. The second-order valence-electron chi connectivity index (χ2n) is 17.7. The van der Waals surface area contributed by atoms with E-state index in [2.05, 4.69) is 201 Å². The average Bonchev–Trinajstić information content (AvgIpc) is 3.70. The first-order chi connectivity index (χ1) is 23.8. The maximum Gasteiger partial charge on any atom is -1.00 e. The van der Waals surface area contributed by atoms with E-state index in [1.54, 1.807) is 9.45 Å². The maximum absolute atomic E-state index is 2.82. The monoisotopic (exact) mass is 762 g/mol. The Labute approximate surface area is 332 Å². The van der Waals surface area contributed by atoms with Crippen LogP contribution in [0.3, 0.4) is 0 Å². The molecule has 0 saturated heterocycles. The molecule has 0 bridgehead atoms. The van der Waals surface area contributed by atoms with Gasteiger partial charge in [-0.2, -0.15) is 0 Å². The Balaban J connectivity index is 0.00000232. The van der Waals surface area contributed by atoms with Crippen molar-refractivity contribution >= 4 is 3.81 Å². The summed E-state index contributed by atoms with van der Waals surface area (Å²) in [5.74, 6) is 0.444. The predicted octanol–water partition coefficient (Wildman–Crippen LogP) is 6.36. The van der Waals surface area contributed by atoms with E-state index in [1.807, 2.05) is 3.81 Å². The molecule has 9 atom stereocenters. The van der Waals surface area contributed by atoms with Crippen LogP contribution in [0, 0.1) is 43.8 Å². The normalized spacial score (nSPS) is 39.8. The van der Waals surface area contributed by atoms with Crippen LogP contribution < -0.4 is 24.8 Å². The van der Waals surface area contributed by atoms with E-state index in [0.717, 1.165) is 19.3 Å². The van der Waals surface area contributed by atoms with E-state index < -0.39 is 17.4 Å². The molecule has 0 spiro atoms. The molecule has 3 heteroatoms. The third kappa shape index (κ3) is 4.60. The zero-order valence-corrected chi connectivity index (χ0v) is 35.5. The number of hydrogen-bond acceptors (Lipinski definition) is 0. The number of fused-ring (bicyclic) bond motifs is 8. The number of rotatable bonds is 6. The second kappa shape index (κ2) is 13.4. The van der Waals surface area contributed by atoms with Crippen molar-refractivity contribution in [2.45, 2.75) is 78.9 Å². The van der Waals surface area contributed by atoms with E-state index in [0.29, 0.717) is 10.1 Å². The van der Waals surface area contributed by atoms with Gasteiger partial charge in [-0.3, -0.25) is 0 Å². The predicted molar refractivity (Wildman–Crippen MR) is 211 cm³/mol. The quantitative estimate of drug-likeness (QED) is 0.301. The van der Waals surface area contributed by atoms with E-state index in [1.165, 1.54) is 11.1 Å². The topological polar surface area (TPSA) is 0 Å². The molecular formula is C49H56Cl2Ti. The van der Waals surface area contributed by atoms with Crippen molar-refractivity contribution in [3.8, 4) is 0 Å². The molecule has 9 unspecified atom stereocenters. The summed E-state index contributed by atoms with van der Waals surface area (Å²) in [6.07, 6.45) is 38.4. The summed E-state index contributed by atoms with van der Waals surface area (Å²) in [5.41, 5.74) is 3.98. The third-order valence-corrected chi connectivity index (χ3v) is 22.7. The second-order valence-corrected chi connectivity index (χ2v) is 22.1. The molecule has 8 rings (SSSR count). The fourth-order valence-electron chi connectivity index (χ4n) is 13.5. The van der Waals surface area contributed by atoms with Gasteiger partial charge in [0, 0.05) is 0 Å². The first kappa shape index (κ1) is 39.2. The van der Waals surface area contributed by atoms with Gasteiger partial charge in [0.25, 0.3) is 0 Å². The third-order valence-electron chi connectivity index (χ3n) is 16.8. The van der Waals surface area contributed by atoms with Gasteiger partial charge in [-0.15, -0.1) is 0 Å². The molecule has 6 aliphatic rings. The largest absolute Gasteiger partial charge is 1.00 e. The van der Waals surface area contributed by atoms with Crippen LogP contribution in [0.4, 0.5) is 0 Å². The maximum atomic E-state index is 2.82. The number of hydrogen-bond donors (Lipinski definition) is 0. The minimum absolute atomic E-state index is 0. The molecule has 0 amide bonds. The molecule has 6 aliphatic carbocycles. The van der Waals surface area contributed by atoms with Crippen LogP contribution in [0.5, 0.6) is 0 Å². The number of benzene rings is 2. The number of halogens is 2. The molecule has 2 aromatic rings. The van der Waals surface area contributed by atoms with Crippen molar-refractivity contribution < 1.29 is 42.2 Å². The Kier molecular flexibility index (Phi) is 10.1. The van der Waals surface area contributed by atoms with Gasteiger partial charge in [-0.25, -0.2) is 0 Å². The number of allylic oxidation sites excluding steroid dienone is 16. The molecule has 2 saturated carbocycles. The summed E-state index contributed by atoms with van der Waals surface area (Å²) in [5, 5.41) is 0. The van der Waals surface area contributed by atoms with Crippen molar-refractivity contribution in [2.24, 2.45) is 43.8 Å². The fraction of sp³-hybridized carbons (Fsp3) is 0.408. The summed E-state index contributed by atoms with van der Waals surface area (Å²) in [6, 6.07) is 22.8. The minimum atomic E-state index is -2.31. The van der Waals surface area contributed by atoms with Crippen LogP contribution in [-0.4, -0.2) is 3.81 Å². The van der Waals surface area contributed by atoms with Crippen molar-refractivity contribution in [3.63, 3.8) is 0 Å². The molecule has 0 nitrogen and oxygen atoms in total. The van der Waals surface area contributed by atoms with E-state index >= 15 is 0 Å². The summed E-state index contributed by atoms with van der Waals surface area (Å²) in [7, 11) is 0. The Morgan fingerprint density at radius 3 is 1.63 bits per heavy atom. The summed E-state index contributed by atoms with van der Waals surface area (Å²) in [4.78, 5) is 0. The Hall–Kier alpha value is -2.48. The van der Waals surface area contributed by atoms with Crippen LogP contribution in [0.2, 0.25) is 4.22 Å². The van der Waals surface area contributed by atoms with Crippen LogP contribution in [0.1, 0.15) is 72.9 Å². The molecular weight excluding hydrogens is 707 g/mol. The molecule has 2 fully saturated rings. The van der Waals surface area contributed by atoms with Crippen molar-refractivity contribution in [3.05, 3.63) is 166 Å². The Morgan fingerprint density at radius 2 is 1.12 bits per heavy atom. The van der Waals surface area contributed by atoms with Gasteiger partial charge in [-0.05, 0) is 0 Å². The van der Waals surface area contributed by atoms with Crippen LogP contribution >= 0.6 is 0 Å². The zero-order valence-electron chi connectivity index (χ0n) is 32.4. The van der Waals surface area contributed by atoms with Crippen LogP contribution in [0.25, 0.3) is 0 Å². The summed E-state index contributed by atoms with van der Waals surface area (Å²) in [6.45, 7) is 21.4. The molecule has 0 aromatic heterocycles. The molecule has 52 heavy (non-hydrogen) atoms. The molecule has 0 radical (unpaired) electrons. The molecule has 2 aromatic carbocycles. The smallest absolute Gasteiger partial charge is 1.00 e.